The number of hydrogen-bond acceptors (Lipinski definition) is 1. The van der Waals surface area contributed by atoms with E-state index in [0.29, 0.717) is 12.3 Å². The number of nitriles is 1. The van der Waals surface area contributed by atoms with Crippen LogP contribution in [0.25, 0.3) is 0 Å². The Labute approximate surface area is 69.0 Å². The minimum atomic E-state index is -0.415. The number of allylic oxidation sites excluding steroid dienone is 2. The van der Waals surface area contributed by atoms with Crippen molar-refractivity contribution in [2.24, 2.45) is 11.3 Å². The quantitative estimate of drug-likeness (QED) is 0.564. The molecule has 60 valence electrons. The minimum absolute atomic E-state index is 0.294. The zero-order chi connectivity index (χ0) is 8.91. The van der Waals surface area contributed by atoms with E-state index in [1.807, 2.05) is 13.8 Å². The fourth-order valence-corrected chi connectivity index (χ4v) is 1.01. The fraction of sp³-hybridized carbons (Fsp3) is 0.500. The van der Waals surface area contributed by atoms with Crippen molar-refractivity contribution in [3.05, 3.63) is 25.3 Å². The van der Waals surface area contributed by atoms with Gasteiger partial charge in [-0.1, -0.05) is 26.0 Å². The van der Waals surface area contributed by atoms with Crippen molar-refractivity contribution in [3.8, 4) is 6.07 Å². The van der Waals surface area contributed by atoms with Crippen LogP contribution in [0.1, 0.15) is 20.3 Å². The largest absolute Gasteiger partial charge is 0.197 e. The summed E-state index contributed by atoms with van der Waals surface area (Å²) in [6.07, 6.45) is 4.18. The molecule has 0 fully saturated rings. The molecule has 1 nitrogen and oxygen atoms in total. The Balaban J connectivity index is 4.62. The Morgan fingerprint density at radius 2 is 2.09 bits per heavy atom. The molecular formula is C10H15N. The maximum absolute atomic E-state index is 8.91. The van der Waals surface area contributed by atoms with Gasteiger partial charge in [0.25, 0.3) is 0 Å². The molecule has 1 atom stereocenters. The summed E-state index contributed by atoms with van der Waals surface area (Å²) >= 11 is 0. The Kier molecular flexibility index (Phi) is 3.60. The van der Waals surface area contributed by atoms with E-state index in [1.165, 1.54) is 0 Å². The van der Waals surface area contributed by atoms with Crippen LogP contribution in [0.2, 0.25) is 0 Å². The van der Waals surface area contributed by atoms with Crippen LogP contribution in [0.5, 0.6) is 0 Å². The fourth-order valence-electron chi connectivity index (χ4n) is 1.01. The van der Waals surface area contributed by atoms with Crippen LogP contribution in [0.4, 0.5) is 0 Å². The average Bonchev–Trinajstić information content (AvgIpc) is 2.00. The van der Waals surface area contributed by atoms with E-state index in [1.54, 1.807) is 12.2 Å². The first-order valence-corrected chi connectivity index (χ1v) is 3.78. The average molecular weight is 149 g/mol. The molecule has 11 heavy (non-hydrogen) atoms. The molecule has 0 spiro atoms. The highest BCUT2D eigenvalue weighted by atomic mass is 14.4. The van der Waals surface area contributed by atoms with Gasteiger partial charge in [-0.3, -0.25) is 0 Å². The number of hydrogen-bond donors (Lipinski definition) is 0. The lowest BCUT2D eigenvalue weighted by Gasteiger charge is -2.25. The summed E-state index contributed by atoms with van der Waals surface area (Å²) in [4.78, 5) is 0. The molecule has 0 aliphatic rings. The van der Waals surface area contributed by atoms with Gasteiger partial charge in [-0.2, -0.15) is 5.26 Å². The van der Waals surface area contributed by atoms with Crippen molar-refractivity contribution in [2.45, 2.75) is 20.3 Å². The molecule has 1 unspecified atom stereocenters. The van der Waals surface area contributed by atoms with Crippen molar-refractivity contribution >= 4 is 0 Å². The summed E-state index contributed by atoms with van der Waals surface area (Å²) in [6, 6.07) is 2.28. The lowest BCUT2D eigenvalue weighted by Crippen LogP contribution is -2.21. The first kappa shape index (κ1) is 9.97. The van der Waals surface area contributed by atoms with Crippen molar-refractivity contribution in [1.29, 1.82) is 5.26 Å². The van der Waals surface area contributed by atoms with Crippen LogP contribution in [0.15, 0.2) is 25.3 Å². The first-order chi connectivity index (χ1) is 5.13. The highest BCUT2D eigenvalue weighted by molar-refractivity contribution is 5.13. The molecule has 1 heteroatoms. The smallest absolute Gasteiger partial charge is 0.0807 e. The predicted molar refractivity (Wildman–Crippen MR) is 47.9 cm³/mol. The third kappa shape index (κ3) is 1.94. The molecule has 0 aromatic heterocycles. The van der Waals surface area contributed by atoms with Crippen molar-refractivity contribution in [1.82, 2.24) is 0 Å². The van der Waals surface area contributed by atoms with Gasteiger partial charge < -0.3 is 0 Å². The first-order valence-electron chi connectivity index (χ1n) is 3.78. The summed E-state index contributed by atoms with van der Waals surface area (Å²) < 4.78 is 0. The normalized spacial score (nSPS) is 15.1. The van der Waals surface area contributed by atoms with Crippen LogP contribution in [-0.4, -0.2) is 0 Å². The maximum atomic E-state index is 8.91. The van der Waals surface area contributed by atoms with Crippen LogP contribution >= 0.6 is 0 Å². The minimum Gasteiger partial charge on any atom is -0.197 e. The van der Waals surface area contributed by atoms with E-state index in [9.17, 15) is 0 Å². The van der Waals surface area contributed by atoms with E-state index < -0.39 is 5.41 Å². The standard InChI is InChI=1S/C10H15N/c1-5-7-10(6-2,8-11)9(3)4/h5-6,9H,1-2,7H2,3-4H3. The third-order valence-electron chi connectivity index (χ3n) is 2.08. The highest BCUT2D eigenvalue weighted by Crippen LogP contribution is 2.32. The Hall–Kier alpha value is -1.03. The summed E-state index contributed by atoms with van der Waals surface area (Å²) in [5, 5.41) is 8.91. The molecule has 0 N–H and O–H groups in total. The van der Waals surface area contributed by atoms with Gasteiger partial charge in [0.05, 0.1) is 11.5 Å². The van der Waals surface area contributed by atoms with Crippen molar-refractivity contribution in [2.75, 3.05) is 0 Å². The number of nitrogens with zero attached hydrogens (tertiary/aromatic N) is 1. The summed E-state index contributed by atoms with van der Waals surface area (Å²) in [5.74, 6) is 0.294. The zero-order valence-electron chi connectivity index (χ0n) is 7.30. The van der Waals surface area contributed by atoms with Gasteiger partial charge in [-0.15, -0.1) is 13.2 Å². The van der Waals surface area contributed by atoms with Gasteiger partial charge in [0.15, 0.2) is 0 Å². The lowest BCUT2D eigenvalue weighted by molar-refractivity contribution is 0.363. The molecule has 0 saturated heterocycles. The van der Waals surface area contributed by atoms with E-state index in [4.69, 9.17) is 5.26 Å². The maximum Gasteiger partial charge on any atom is 0.0807 e. The monoisotopic (exact) mass is 149 g/mol. The molecule has 0 aliphatic carbocycles. The van der Waals surface area contributed by atoms with E-state index >= 15 is 0 Å². The molecule has 0 aromatic carbocycles. The van der Waals surface area contributed by atoms with Crippen LogP contribution in [0, 0.1) is 22.7 Å². The molecule has 0 saturated carbocycles. The summed E-state index contributed by atoms with van der Waals surface area (Å²) in [5.41, 5.74) is -0.415. The second kappa shape index (κ2) is 3.98. The third-order valence-corrected chi connectivity index (χ3v) is 2.08. The van der Waals surface area contributed by atoms with E-state index in [2.05, 4.69) is 19.2 Å². The van der Waals surface area contributed by atoms with E-state index in [-0.39, 0.29) is 0 Å². The summed E-state index contributed by atoms with van der Waals surface area (Å²) in [6.45, 7) is 11.3. The molecule has 0 amide bonds. The summed E-state index contributed by atoms with van der Waals surface area (Å²) in [7, 11) is 0. The Morgan fingerprint density at radius 1 is 1.55 bits per heavy atom. The van der Waals surface area contributed by atoms with Crippen molar-refractivity contribution < 1.29 is 0 Å². The molecule has 0 aromatic rings. The van der Waals surface area contributed by atoms with Gasteiger partial charge in [0.1, 0.15) is 0 Å². The van der Waals surface area contributed by atoms with Gasteiger partial charge in [-0.05, 0) is 12.3 Å². The van der Waals surface area contributed by atoms with Gasteiger partial charge in [0, 0.05) is 0 Å². The van der Waals surface area contributed by atoms with Gasteiger partial charge in [0.2, 0.25) is 0 Å². The molecule has 0 radical (unpaired) electrons. The zero-order valence-corrected chi connectivity index (χ0v) is 7.30. The van der Waals surface area contributed by atoms with E-state index in [0.717, 1.165) is 0 Å². The topological polar surface area (TPSA) is 23.8 Å². The van der Waals surface area contributed by atoms with Crippen LogP contribution in [0.3, 0.4) is 0 Å². The van der Waals surface area contributed by atoms with Crippen LogP contribution < -0.4 is 0 Å². The number of rotatable bonds is 4. The predicted octanol–water partition coefficient (Wildman–Crippen LogP) is 2.91. The molecule has 0 rings (SSSR count). The molecule has 0 aliphatic heterocycles. The second-order valence-electron chi connectivity index (χ2n) is 3.00. The SMILES string of the molecule is C=CCC(C#N)(C=C)C(C)C. The second-order valence-corrected chi connectivity index (χ2v) is 3.00. The van der Waals surface area contributed by atoms with Gasteiger partial charge in [-0.25, -0.2) is 0 Å². The molecular weight excluding hydrogens is 134 g/mol. The highest BCUT2D eigenvalue weighted by Gasteiger charge is 2.28. The Morgan fingerprint density at radius 3 is 2.18 bits per heavy atom. The Bertz CT molecular complexity index is 186. The van der Waals surface area contributed by atoms with Gasteiger partial charge >= 0.3 is 0 Å². The van der Waals surface area contributed by atoms with Crippen molar-refractivity contribution in [3.63, 3.8) is 0 Å². The lowest BCUT2D eigenvalue weighted by atomic mass is 9.76. The van der Waals surface area contributed by atoms with Crippen LogP contribution in [-0.2, 0) is 0 Å². The molecule has 0 heterocycles. The molecule has 0 bridgehead atoms.